The molecule has 0 atom stereocenters. The second-order valence-corrected chi connectivity index (χ2v) is 7.97. The molecule has 0 bridgehead atoms. The molecule has 0 aromatic heterocycles. The first-order valence-corrected chi connectivity index (χ1v) is 10.4. The van der Waals surface area contributed by atoms with Gasteiger partial charge >= 0.3 is 6.03 Å². The number of nitrogens with one attached hydrogen (secondary N) is 2. The normalized spacial score (nSPS) is 17.5. The average molecular weight is 445 g/mol. The Balaban J connectivity index is 1.47. The standard InChI is InChI=1S/C22H25ClN4O4/c1-30-18-13-19(31-2)17(12-16(18)23)25-21(29)26-10-8-22(9-11-26)20(28)24-14-27(22)15-6-4-3-5-7-15/h3-7,12-13H,8-11,14H2,1-2H3,(H,24,28)(H,25,29). The van der Waals surface area contributed by atoms with Crippen molar-refractivity contribution in [3.63, 3.8) is 0 Å². The van der Waals surface area contributed by atoms with Gasteiger partial charge in [0.15, 0.2) is 0 Å². The van der Waals surface area contributed by atoms with Gasteiger partial charge in [0.1, 0.15) is 17.0 Å². The summed E-state index contributed by atoms with van der Waals surface area (Å²) in [7, 11) is 3.03. The molecule has 2 aromatic rings. The predicted molar refractivity (Wildman–Crippen MR) is 119 cm³/mol. The zero-order valence-corrected chi connectivity index (χ0v) is 18.2. The number of methoxy groups -OCH3 is 2. The number of nitrogens with zero attached hydrogens (tertiary/aromatic N) is 2. The minimum atomic E-state index is -0.640. The number of urea groups is 1. The van der Waals surface area contributed by atoms with Crippen LogP contribution in [0.3, 0.4) is 0 Å². The fourth-order valence-electron chi connectivity index (χ4n) is 4.26. The van der Waals surface area contributed by atoms with E-state index in [0.717, 1.165) is 5.69 Å². The topological polar surface area (TPSA) is 83.1 Å². The van der Waals surface area contributed by atoms with Crippen LogP contribution in [-0.2, 0) is 4.79 Å². The van der Waals surface area contributed by atoms with Crippen molar-refractivity contribution in [1.29, 1.82) is 0 Å². The maximum atomic E-state index is 12.9. The molecule has 3 amide bonds. The van der Waals surface area contributed by atoms with Crippen molar-refractivity contribution >= 4 is 34.9 Å². The Bertz CT molecular complexity index is 977. The Kier molecular flexibility index (Phi) is 5.82. The fourth-order valence-corrected chi connectivity index (χ4v) is 4.51. The number of para-hydroxylation sites is 1. The molecule has 31 heavy (non-hydrogen) atoms. The molecule has 9 heteroatoms. The summed E-state index contributed by atoms with van der Waals surface area (Å²) < 4.78 is 10.5. The van der Waals surface area contributed by atoms with Gasteiger partial charge in [-0.1, -0.05) is 29.8 Å². The number of hydrogen-bond donors (Lipinski definition) is 2. The third kappa shape index (κ3) is 3.83. The summed E-state index contributed by atoms with van der Waals surface area (Å²) in [5.41, 5.74) is 0.818. The molecule has 0 unspecified atom stereocenters. The number of ether oxygens (including phenoxy) is 2. The number of halogens is 1. The number of rotatable bonds is 4. The SMILES string of the molecule is COc1cc(OC)c(NC(=O)N2CCC3(CC2)C(=O)NCN3c2ccccc2)cc1Cl. The zero-order chi connectivity index (χ0) is 22.0. The lowest BCUT2D eigenvalue weighted by atomic mass is 9.85. The Labute approximate surface area is 186 Å². The van der Waals surface area contributed by atoms with Crippen LogP contribution in [-0.4, -0.2) is 56.4 Å². The van der Waals surface area contributed by atoms with Crippen molar-refractivity contribution in [2.24, 2.45) is 0 Å². The molecule has 1 spiro atoms. The van der Waals surface area contributed by atoms with Crippen LogP contribution in [0.1, 0.15) is 12.8 Å². The van der Waals surface area contributed by atoms with Crippen molar-refractivity contribution < 1.29 is 19.1 Å². The van der Waals surface area contributed by atoms with Crippen LogP contribution >= 0.6 is 11.6 Å². The number of amides is 3. The van der Waals surface area contributed by atoms with Gasteiger partial charge in [-0.25, -0.2) is 4.79 Å². The van der Waals surface area contributed by atoms with Gasteiger partial charge in [0, 0.05) is 24.8 Å². The smallest absolute Gasteiger partial charge is 0.321 e. The van der Waals surface area contributed by atoms with Crippen molar-refractivity contribution in [3.8, 4) is 11.5 Å². The van der Waals surface area contributed by atoms with Gasteiger partial charge in [-0.15, -0.1) is 0 Å². The average Bonchev–Trinajstić information content (AvgIpc) is 3.10. The fraction of sp³-hybridized carbons (Fsp3) is 0.364. The van der Waals surface area contributed by atoms with Crippen LogP contribution in [0.2, 0.25) is 5.02 Å². The largest absolute Gasteiger partial charge is 0.495 e. The third-order valence-electron chi connectivity index (χ3n) is 6.00. The van der Waals surface area contributed by atoms with Gasteiger partial charge < -0.3 is 29.9 Å². The van der Waals surface area contributed by atoms with E-state index in [1.807, 2.05) is 30.3 Å². The predicted octanol–water partition coefficient (Wildman–Crippen LogP) is 3.32. The second-order valence-electron chi connectivity index (χ2n) is 7.56. The number of hydrogen-bond acceptors (Lipinski definition) is 5. The molecule has 0 aliphatic carbocycles. The van der Waals surface area contributed by atoms with E-state index >= 15 is 0 Å². The number of carbonyl (C=O) groups is 2. The molecule has 164 valence electrons. The lowest BCUT2D eigenvalue weighted by Crippen LogP contribution is -2.57. The molecule has 4 rings (SSSR count). The van der Waals surface area contributed by atoms with Gasteiger partial charge in [-0.2, -0.15) is 0 Å². The lowest BCUT2D eigenvalue weighted by molar-refractivity contribution is -0.124. The molecular weight excluding hydrogens is 420 g/mol. The van der Waals surface area contributed by atoms with Gasteiger partial charge in [0.25, 0.3) is 0 Å². The summed E-state index contributed by atoms with van der Waals surface area (Å²) in [6, 6.07) is 12.8. The molecule has 2 fully saturated rings. The van der Waals surface area contributed by atoms with Crippen LogP contribution in [0.5, 0.6) is 11.5 Å². The number of anilines is 2. The molecule has 2 aromatic carbocycles. The van der Waals surface area contributed by atoms with Gasteiger partial charge in [0.2, 0.25) is 5.91 Å². The van der Waals surface area contributed by atoms with E-state index in [1.54, 1.807) is 17.0 Å². The van der Waals surface area contributed by atoms with Gasteiger partial charge in [-0.05, 0) is 31.0 Å². The van der Waals surface area contributed by atoms with Crippen LogP contribution in [0.25, 0.3) is 0 Å². The summed E-state index contributed by atoms with van der Waals surface area (Å²) in [5.74, 6) is 0.929. The first-order chi connectivity index (χ1) is 15.0. The molecule has 0 saturated carbocycles. The third-order valence-corrected chi connectivity index (χ3v) is 6.29. The first-order valence-electron chi connectivity index (χ1n) is 10.1. The van der Waals surface area contributed by atoms with Gasteiger partial charge in [-0.3, -0.25) is 4.79 Å². The second kappa shape index (κ2) is 8.55. The Hall–Kier alpha value is -3.13. The summed E-state index contributed by atoms with van der Waals surface area (Å²) in [6.07, 6.45) is 1.09. The zero-order valence-electron chi connectivity index (χ0n) is 17.5. The number of carbonyl (C=O) groups excluding carboxylic acids is 2. The Morgan fingerprint density at radius 3 is 2.42 bits per heavy atom. The maximum absolute atomic E-state index is 12.9. The highest BCUT2D eigenvalue weighted by Crippen LogP contribution is 2.38. The Morgan fingerprint density at radius 2 is 1.77 bits per heavy atom. The van der Waals surface area contributed by atoms with Crippen LogP contribution in [0.15, 0.2) is 42.5 Å². The molecule has 2 aliphatic rings. The molecule has 2 aliphatic heterocycles. The van der Waals surface area contributed by atoms with Gasteiger partial charge in [0.05, 0.1) is 31.6 Å². The van der Waals surface area contributed by atoms with Crippen LogP contribution in [0.4, 0.5) is 16.2 Å². The van der Waals surface area contributed by atoms with E-state index in [9.17, 15) is 9.59 Å². The molecule has 2 heterocycles. The minimum Gasteiger partial charge on any atom is -0.495 e. The van der Waals surface area contributed by atoms with Crippen molar-refractivity contribution in [2.75, 3.05) is 44.2 Å². The van der Waals surface area contributed by atoms with Crippen LogP contribution < -0.4 is 25.0 Å². The summed E-state index contributed by atoms with van der Waals surface area (Å²) >= 11 is 6.20. The molecule has 2 saturated heterocycles. The van der Waals surface area contributed by atoms with E-state index in [-0.39, 0.29) is 11.9 Å². The van der Waals surface area contributed by atoms with Crippen molar-refractivity contribution in [2.45, 2.75) is 18.4 Å². The number of piperidine rings is 1. The van der Waals surface area contributed by atoms with Crippen molar-refractivity contribution in [1.82, 2.24) is 10.2 Å². The van der Waals surface area contributed by atoms with Crippen molar-refractivity contribution in [3.05, 3.63) is 47.5 Å². The van der Waals surface area contributed by atoms with E-state index in [4.69, 9.17) is 21.1 Å². The molecular formula is C22H25ClN4O4. The monoisotopic (exact) mass is 444 g/mol. The number of likely N-dealkylation sites (tertiary alicyclic amines) is 1. The molecule has 8 nitrogen and oxygen atoms in total. The molecule has 0 radical (unpaired) electrons. The van der Waals surface area contributed by atoms with E-state index in [0.29, 0.717) is 54.8 Å². The summed E-state index contributed by atoms with van der Waals surface area (Å²) in [6.45, 7) is 1.38. The molecule has 2 N–H and O–H groups in total. The van der Waals surface area contributed by atoms with E-state index < -0.39 is 5.54 Å². The lowest BCUT2D eigenvalue weighted by Gasteiger charge is -2.43. The highest BCUT2D eigenvalue weighted by atomic mass is 35.5. The summed E-state index contributed by atoms with van der Waals surface area (Å²) in [5, 5.41) is 6.21. The Morgan fingerprint density at radius 1 is 1.10 bits per heavy atom. The number of benzene rings is 2. The summed E-state index contributed by atoms with van der Waals surface area (Å²) in [4.78, 5) is 29.5. The van der Waals surface area contributed by atoms with E-state index in [1.165, 1.54) is 14.2 Å². The quantitative estimate of drug-likeness (QED) is 0.755. The highest BCUT2D eigenvalue weighted by Gasteiger charge is 2.50. The van der Waals surface area contributed by atoms with E-state index in [2.05, 4.69) is 15.5 Å². The maximum Gasteiger partial charge on any atom is 0.321 e. The highest BCUT2D eigenvalue weighted by molar-refractivity contribution is 6.32. The van der Waals surface area contributed by atoms with Crippen LogP contribution in [0, 0.1) is 0 Å². The first kappa shape index (κ1) is 21.1. The minimum absolute atomic E-state index is 0.0139.